The van der Waals surface area contributed by atoms with E-state index in [4.69, 9.17) is 16.3 Å². The summed E-state index contributed by atoms with van der Waals surface area (Å²) < 4.78 is 33.3. The Hall–Kier alpha value is -3.16. The third-order valence-corrected chi connectivity index (χ3v) is 7.58. The number of benzene rings is 3. The molecule has 0 spiro atoms. The van der Waals surface area contributed by atoms with E-state index in [1.807, 2.05) is 12.1 Å². The van der Waals surface area contributed by atoms with E-state index in [1.165, 1.54) is 34.6 Å². The zero-order valence-electron chi connectivity index (χ0n) is 17.2. The van der Waals surface area contributed by atoms with Gasteiger partial charge in [0.1, 0.15) is 10.6 Å². The number of carbonyl (C=O) groups excluding carboxylic acids is 2. The van der Waals surface area contributed by atoms with Gasteiger partial charge in [0, 0.05) is 18.5 Å². The van der Waals surface area contributed by atoms with Crippen LogP contribution in [-0.4, -0.2) is 26.7 Å². The van der Waals surface area contributed by atoms with Crippen molar-refractivity contribution in [2.75, 3.05) is 10.8 Å². The number of esters is 1. The zero-order valence-corrected chi connectivity index (χ0v) is 18.8. The number of nitrogens with zero attached hydrogens (tertiary/aromatic N) is 1. The molecule has 0 unspecified atom stereocenters. The lowest BCUT2D eigenvalue weighted by atomic mass is 10.1. The largest absolute Gasteiger partial charge is 0.423 e. The Kier molecular flexibility index (Phi) is 6.04. The number of anilines is 1. The average Bonchev–Trinajstić information content (AvgIpc) is 3.24. The molecule has 4 rings (SSSR count). The third kappa shape index (κ3) is 4.13. The van der Waals surface area contributed by atoms with E-state index in [1.54, 1.807) is 31.2 Å². The van der Waals surface area contributed by atoms with Crippen molar-refractivity contribution in [1.82, 2.24) is 0 Å². The van der Waals surface area contributed by atoms with Gasteiger partial charge in [-0.05, 0) is 60.5 Å². The van der Waals surface area contributed by atoms with Crippen molar-refractivity contribution in [2.24, 2.45) is 0 Å². The van der Waals surface area contributed by atoms with Crippen LogP contribution in [-0.2, 0) is 16.4 Å². The number of carbonyl (C=O) groups is 2. The summed E-state index contributed by atoms with van der Waals surface area (Å²) in [5.74, 6) is -0.496. The van der Waals surface area contributed by atoms with E-state index in [0.29, 0.717) is 30.6 Å². The van der Waals surface area contributed by atoms with E-state index >= 15 is 0 Å². The predicted molar refractivity (Wildman–Crippen MR) is 122 cm³/mol. The first kappa shape index (κ1) is 22.0. The molecule has 8 heteroatoms. The van der Waals surface area contributed by atoms with Gasteiger partial charge in [0.15, 0.2) is 5.78 Å². The van der Waals surface area contributed by atoms with Gasteiger partial charge in [-0.25, -0.2) is 13.2 Å². The van der Waals surface area contributed by atoms with Gasteiger partial charge in [0.2, 0.25) is 0 Å². The standard InChI is InChI=1S/C24H20ClNO5S/c1-2-22(27)17-7-10-19(11-8-17)31-24(28)18-9-12-20(25)23(15-18)32(29,30)26-14-13-16-5-3-4-6-21(16)26/h3-12,15H,2,13-14H2,1H3. The Morgan fingerprint density at radius 1 is 1.00 bits per heavy atom. The Labute approximate surface area is 191 Å². The van der Waals surface area contributed by atoms with Gasteiger partial charge in [0.05, 0.1) is 16.3 Å². The lowest BCUT2D eigenvalue weighted by Gasteiger charge is -2.20. The number of hydrogen-bond acceptors (Lipinski definition) is 5. The van der Waals surface area contributed by atoms with E-state index in [0.717, 1.165) is 5.56 Å². The lowest BCUT2D eigenvalue weighted by molar-refractivity contribution is 0.0734. The second-order valence-corrected chi connectivity index (χ2v) is 9.53. The Balaban J connectivity index is 1.60. The van der Waals surface area contributed by atoms with Crippen LogP contribution < -0.4 is 9.04 Å². The van der Waals surface area contributed by atoms with Crippen LogP contribution >= 0.6 is 11.6 Å². The first-order valence-corrected chi connectivity index (χ1v) is 11.9. The summed E-state index contributed by atoms with van der Waals surface area (Å²) in [4.78, 5) is 24.2. The molecule has 164 valence electrons. The number of Topliss-reactive ketones (excluding diaryl/α,β-unsaturated/α-hetero) is 1. The highest BCUT2D eigenvalue weighted by molar-refractivity contribution is 7.93. The number of fused-ring (bicyclic) bond motifs is 1. The normalized spacial score (nSPS) is 13.0. The number of hydrogen-bond donors (Lipinski definition) is 0. The quantitative estimate of drug-likeness (QED) is 0.291. The molecule has 0 N–H and O–H groups in total. The van der Waals surface area contributed by atoms with Crippen LogP contribution in [0.1, 0.15) is 39.6 Å². The maximum Gasteiger partial charge on any atom is 0.343 e. The minimum Gasteiger partial charge on any atom is -0.423 e. The van der Waals surface area contributed by atoms with Crippen LogP contribution in [0.5, 0.6) is 5.75 Å². The summed E-state index contributed by atoms with van der Waals surface area (Å²) in [7, 11) is -3.97. The van der Waals surface area contributed by atoms with Gasteiger partial charge >= 0.3 is 5.97 Å². The fourth-order valence-corrected chi connectivity index (χ4v) is 5.59. The third-order valence-electron chi connectivity index (χ3n) is 5.29. The van der Waals surface area contributed by atoms with E-state index in [9.17, 15) is 18.0 Å². The molecule has 0 aromatic heterocycles. The maximum absolute atomic E-state index is 13.3. The van der Waals surface area contributed by atoms with Crippen LogP contribution in [0.2, 0.25) is 5.02 Å². The summed E-state index contributed by atoms with van der Waals surface area (Å²) in [6, 6.07) is 17.5. The molecule has 0 amide bonds. The first-order valence-electron chi connectivity index (χ1n) is 10.1. The van der Waals surface area contributed by atoms with Gasteiger partial charge in [-0.15, -0.1) is 0 Å². The monoisotopic (exact) mass is 469 g/mol. The van der Waals surface area contributed by atoms with Crippen LogP contribution in [0, 0.1) is 0 Å². The van der Waals surface area contributed by atoms with Crippen molar-refractivity contribution < 1.29 is 22.7 Å². The highest BCUT2D eigenvalue weighted by atomic mass is 35.5. The number of ether oxygens (including phenoxy) is 1. The molecule has 1 aliphatic heterocycles. The molecule has 0 atom stereocenters. The molecule has 1 aliphatic rings. The SMILES string of the molecule is CCC(=O)c1ccc(OC(=O)c2ccc(Cl)c(S(=O)(=O)N3CCc4ccccc43)c2)cc1. The Morgan fingerprint density at radius 3 is 2.41 bits per heavy atom. The van der Waals surface area contributed by atoms with E-state index < -0.39 is 16.0 Å². The average molecular weight is 470 g/mol. The van der Waals surface area contributed by atoms with Crippen molar-refractivity contribution >= 4 is 39.1 Å². The van der Waals surface area contributed by atoms with E-state index in [2.05, 4.69) is 0 Å². The predicted octanol–water partition coefficient (Wildman–Crippen LogP) is 4.90. The zero-order chi connectivity index (χ0) is 22.9. The van der Waals surface area contributed by atoms with Crippen LogP contribution in [0.25, 0.3) is 0 Å². The summed E-state index contributed by atoms with van der Waals surface area (Å²) in [5.41, 5.74) is 2.12. The van der Waals surface area contributed by atoms with Crippen molar-refractivity contribution in [1.29, 1.82) is 0 Å². The molecule has 0 fully saturated rings. The second kappa shape index (κ2) is 8.76. The summed E-state index contributed by atoms with van der Waals surface area (Å²) in [6.07, 6.45) is 0.980. The molecule has 0 bridgehead atoms. The molecule has 0 radical (unpaired) electrons. The first-order chi connectivity index (χ1) is 15.3. The number of sulfonamides is 1. The number of para-hydroxylation sites is 1. The molecular weight excluding hydrogens is 450 g/mol. The van der Waals surface area contributed by atoms with Crippen LogP contribution in [0.3, 0.4) is 0 Å². The molecule has 6 nitrogen and oxygen atoms in total. The topological polar surface area (TPSA) is 80.8 Å². The van der Waals surface area contributed by atoms with Gasteiger partial charge in [-0.1, -0.05) is 36.7 Å². The molecule has 3 aromatic carbocycles. The smallest absolute Gasteiger partial charge is 0.343 e. The number of halogens is 1. The van der Waals surface area contributed by atoms with Crippen molar-refractivity contribution in [3.05, 3.63) is 88.4 Å². The van der Waals surface area contributed by atoms with Crippen molar-refractivity contribution in [3.63, 3.8) is 0 Å². The highest BCUT2D eigenvalue weighted by Crippen LogP contribution is 2.35. The number of ketones is 1. The van der Waals surface area contributed by atoms with Gasteiger partial charge < -0.3 is 4.74 Å². The minimum atomic E-state index is -3.97. The maximum atomic E-state index is 13.3. The van der Waals surface area contributed by atoms with Crippen LogP contribution in [0.15, 0.2) is 71.6 Å². The Bertz CT molecular complexity index is 1300. The summed E-state index contributed by atoms with van der Waals surface area (Å²) >= 11 is 6.22. The second-order valence-electron chi connectivity index (χ2n) is 7.29. The molecular formula is C24H20ClNO5S. The molecule has 32 heavy (non-hydrogen) atoms. The molecule has 0 saturated heterocycles. The molecule has 0 saturated carbocycles. The molecule has 3 aromatic rings. The highest BCUT2D eigenvalue weighted by Gasteiger charge is 2.32. The van der Waals surface area contributed by atoms with E-state index in [-0.39, 0.29) is 27.0 Å². The number of rotatable bonds is 6. The van der Waals surface area contributed by atoms with Crippen LogP contribution in [0.4, 0.5) is 5.69 Å². The van der Waals surface area contributed by atoms with Gasteiger partial charge in [-0.2, -0.15) is 0 Å². The fraction of sp³-hybridized carbons (Fsp3) is 0.167. The molecule has 1 heterocycles. The fourth-order valence-electron chi connectivity index (χ4n) is 3.58. The Morgan fingerprint density at radius 2 is 1.69 bits per heavy atom. The lowest BCUT2D eigenvalue weighted by Crippen LogP contribution is -2.29. The molecule has 0 aliphatic carbocycles. The van der Waals surface area contributed by atoms with Gasteiger partial charge in [-0.3, -0.25) is 9.10 Å². The van der Waals surface area contributed by atoms with Crippen molar-refractivity contribution in [2.45, 2.75) is 24.7 Å². The van der Waals surface area contributed by atoms with Gasteiger partial charge in [0.25, 0.3) is 10.0 Å². The summed E-state index contributed by atoms with van der Waals surface area (Å²) in [5, 5.41) is 0.0216. The summed E-state index contributed by atoms with van der Waals surface area (Å²) in [6.45, 7) is 2.07. The van der Waals surface area contributed by atoms with Crippen molar-refractivity contribution in [3.8, 4) is 5.75 Å². The minimum absolute atomic E-state index is 0.0149.